The van der Waals surface area contributed by atoms with Crippen LogP contribution in [0.25, 0.3) is 11.3 Å². The van der Waals surface area contributed by atoms with E-state index in [1.807, 2.05) is 0 Å². The lowest BCUT2D eigenvalue weighted by atomic mass is 10.0. The Balaban J connectivity index is 2.06. The van der Waals surface area contributed by atoms with Gasteiger partial charge in [-0.1, -0.05) is 0 Å². The van der Waals surface area contributed by atoms with Crippen LogP contribution in [-0.4, -0.2) is 47.5 Å². The van der Waals surface area contributed by atoms with Crippen LogP contribution in [0.1, 0.15) is 16.1 Å². The summed E-state index contributed by atoms with van der Waals surface area (Å²) in [5.41, 5.74) is 7.41. The molecule has 1 unspecified atom stereocenters. The molecule has 0 bridgehead atoms. The zero-order chi connectivity index (χ0) is 16.6. The third-order valence-electron chi connectivity index (χ3n) is 3.72. The number of benzene rings is 1. The summed E-state index contributed by atoms with van der Waals surface area (Å²) in [6.07, 6.45) is 3.10. The number of nitrogens with zero attached hydrogens (tertiary/aromatic N) is 3. The van der Waals surface area contributed by atoms with Crippen molar-refractivity contribution in [2.75, 3.05) is 20.6 Å². The van der Waals surface area contributed by atoms with E-state index in [9.17, 15) is 9.18 Å². The highest BCUT2D eigenvalue weighted by molar-refractivity contribution is 5.92. The van der Waals surface area contributed by atoms with Gasteiger partial charge in [-0.25, -0.2) is 9.37 Å². The van der Waals surface area contributed by atoms with Crippen molar-refractivity contribution in [1.29, 1.82) is 0 Å². The van der Waals surface area contributed by atoms with Crippen molar-refractivity contribution in [3.63, 3.8) is 0 Å². The summed E-state index contributed by atoms with van der Waals surface area (Å²) in [6.45, 7) is 0.304. The quantitative estimate of drug-likeness (QED) is 0.921. The van der Waals surface area contributed by atoms with Crippen LogP contribution in [0.3, 0.4) is 0 Å². The second-order valence-corrected chi connectivity index (χ2v) is 5.57. The first-order valence-electron chi connectivity index (χ1n) is 7.23. The Kier molecular flexibility index (Phi) is 3.96. The molecule has 1 aliphatic heterocycles. The molecule has 7 heteroatoms. The molecule has 0 aliphatic carbocycles. The molecule has 1 amide bonds. The van der Waals surface area contributed by atoms with Gasteiger partial charge in [0.2, 0.25) is 0 Å². The number of carbonyl (C=O) groups excluding carboxylic acids is 1. The predicted molar refractivity (Wildman–Crippen MR) is 82.6 cm³/mol. The van der Waals surface area contributed by atoms with Crippen LogP contribution >= 0.6 is 0 Å². The normalized spacial score (nSPS) is 15.9. The fourth-order valence-electron chi connectivity index (χ4n) is 2.53. The summed E-state index contributed by atoms with van der Waals surface area (Å²) in [7, 11) is 3.28. The summed E-state index contributed by atoms with van der Waals surface area (Å²) in [4.78, 5) is 21.9. The van der Waals surface area contributed by atoms with E-state index in [1.54, 1.807) is 20.2 Å². The maximum Gasteiger partial charge on any atom is 0.273 e. The number of nitrogens with two attached hydrogens (primary N) is 1. The zero-order valence-electron chi connectivity index (χ0n) is 12.9. The molecule has 2 aromatic rings. The number of aromatic nitrogens is 2. The molecule has 0 saturated heterocycles. The van der Waals surface area contributed by atoms with E-state index < -0.39 is 0 Å². The van der Waals surface area contributed by atoms with Crippen molar-refractivity contribution >= 4 is 5.91 Å². The summed E-state index contributed by atoms with van der Waals surface area (Å²) < 4.78 is 19.7. The highest BCUT2D eigenvalue weighted by atomic mass is 19.1. The highest BCUT2D eigenvalue weighted by Crippen LogP contribution is 2.39. The largest absolute Gasteiger partial charge is 0.488 e. The molecule has 2 heterocycles. The van der Waals surface area contributed by atoms with Gasteiger partial charge in [0.15, 0.2) is 0 Å². The molecule has 2 N–H and O–H groups in total. The smallest absolute Gasteiger partial charge is 0.273 e. The summed E-state index contributed by atoms with van der Waals surface area (Å²) in [6, 6.07) is 2.96. The fraction of sp³-hybridized carbons (Fsp3) is 0.312. The van der Waals surface area contributed by atoms with Crippen molar-refractivity contribution in [3.05, 3.63) is 41.6 Å². The molecule has 1 atom stereocenters. The molecule has 1 aromatic heterocycles. The Hall–Kier alpha value is -2.54. The van der Waals surface area contributed by atoms with E-state index >= 15 is 0 Å². The molecular weight excluding hydrogens is 299 g/mol. The molecule has 0 saturated carbocycles. The van der Waals surface area contributed by atoms with Crippen LogP contribution in [0.4, 0.5) is 4.39 Å². The SMILES string of the molecule is CN(C)C(=O)c1cncc(-c2ccc(F)c3c2OC(CN)C3)n1. The molecule has 0 spiro atoms. The number of carbonyl (C=O) groups is 1. The summed E-state index contributed by atoms with van der Waals surface area (Å²) >= 11 is 0. The van der Waals surface area contributed by atoms with Crippen molar-refractivity contribution in [2.24, 2.45) is 5.73 Å². The third kappa shape index (κ3) is 2.75. The molecule has 23 heavy (non-hydrogen) atoms. The van der Waals surface area contributed by atoms with E-state index in [4.69, 9.17) is 10.5 Å². The maximum absolute atomic E-state index is 14.0. The van der Waals surface area contributed by atoms with Gasteiger partial charge in [-0.05, 0) is 12.1 Å². The van der Waals surface area contributed by atoms with Crippen LogP contribution in [0, 0.1) is 5.82 Å². The van der Waals surface area contributed by atoms with Gasteiger partial charge in [-0.3, -0.25) is 9.78 Å². The standard InChI is InChI=1S/C16H17FN4O2/c1-21(2)16(22)14-8-19-7-13(20-14)10-3-4-12(17)11-5-9(6-18)23-15(10)11/h3-4,7-9H,5-6,18H2,1-2H3. The van der Waals surface area contributed by atoms with Gasteiger partial charge in [0, 0.05) is 38.2 Å². The Morgan fingerprint density at radius 2 is 2.22 bits per heavy atom. The Bertz CT molecular complexity index is 764. The zero-order valence-corrected chi connectivity index (χ0v) is 12.9. The van der Waals surface area contributed by atoms with Gasteiger partial charge >= 0.3 is 0 Å². The minimum Gasteiger partial charge on any atom is -0.488 e. The van der Waals surface area contributed by atoms with Gasteiger partial charge in [-0.15, -0.1) is 0 Å². The summed E-state index contributed by atoms with van der Waals surface area (Å²) in [5.74, 6) is -0.142. The fourth-order valence-corrected chi connectivity index (χ4v) is 2.53. The number of hydrogen-bond donors (Lipinski definition) is 1. The minimum absolute atomic E-state index is 0.221. The van der Waals surface area contributed by atoms with E-state index in [0.29, 0.717) is 35.5 Å². The number of fused-ring (bicyclic) bond motifs is 1. The Morgan fingerprint density at radius 1 is 1.43 bits per heavy atom. The first kappa shape index (κ1) is 15.4. The number of amides is 1. The molecule has 1 aromatic carbocycles. The molecule has 0 fully saturated rings. The van der Waals surface area contributed by atoms with Gasteiger partial charge in [0.1, 0.15) is 23.4 Å². The lowest BCUT2D eigenvalue weighted by Gasteiger charge is -2.12. The highest BCUT2D eigenvalue weighted by Gasteiger charge is 2.28. The number of hydrogen-bond acceptors (Lipinski definition) is 5. The van der Waals surface area contributed by atoms with Crippen LogP contribution in [-0.2, 0) is 6.42 Å². The Morgan fingerprint density at radius 3 is 2.91 bits per heavy atom. The number of ether oxygens (including phenoxy) is 1. The second-order valence-electron chi connectivity index (χ2n) is 5.57. The van der Waals surface area contributed by atoms with Crippen LogP contribution < -0.4 is 10.5 Å². The Labute approximate surface area is 133 Å². The van der Waals surface area contributed by atoms with E-state index in [2.05, 4.69) is 9.97 Å². The molecule has 6 nitrogen and oxygen atoms in total. The van der Waals surface area contributed by atoms with Gasteiger partial charge < -0.3 is 15.4 Å². The average Bonchev–Trinajstić information content (AvgIpc) is 2.99. The minimum atomic E-state index is -0.326. The second kappa shape index (κ2) is 5.92. The van der Waals surface area contributed by atoms with Crippen molar-refractivity contribution in [1.82, 2.24) is 14.9 Å². The molecule has 120 valence electrons. The number of rotatable bonds is 3. The predicted octanol–water partition coefficient (Wildman–Crippen LogP) is 1.25. The first-order valence-corrected chi connectivity index (χ1v) is 7.23. The topological polar surface area (TPSA) is 81.3 Å². The van der Waals surface area contributed by atoms with E-state index in [1.165, 1.54) is 23.4 Å². The summed E-state index contributed by atoms with van der Waals surface area (Å²) in [5, 5.41) is 0. The third-order valence-corrected chi connectivity index (χ3v) is 3.72. The monoisotopic (exact) mass is 316 g/mol. The van der Waals surface area contributed by atoms with Crippen LogP contribution in [0.5, 0.6) is 5.75 Å². The van der Waals surface area contributed by atoms with Crippen molar-refractivity contribution < 1.29 is 13.9 Å². The molecule has 3 rings (SSSR count). The maximum atomic E-state index is 14.0. The van der Waals surface area contributed by atoms with Gasteiger partial charge in [-0.2, -0.15) is 0 Å². The average molecular weight is 316 g/mol. The number of halogens is 1. The van der Waals surface area contributed by atoms with Crippen molar-refractivity contribution in [2.45, 2.75) is 12.5 Å². The van der Waals surface area contributed by atoms with Crippen LogP contribution in [0.2, 0.25) is 0 Å². The lowest BCUT2D eigenvalue weighted by molar-refractivity contribution is 0.0821. The van der Waals surface area contributed by atoms with Crippen LogP contribution in [0.15, 0.2) is 24.5 Å². The van der Waals surface area contributed by atoms with E-state index in [0.717, 1.165) is 0 Å². The molecule has 1 aliphatic rings. The van der Waals surface area contributed by atoms with Gasteiger partial charge in [0.25, 0.3) is 5.91 Å². The first-order chi connectivity index (χ1) is 11.0. The van der Waals surface area contributed by atoms with E-state index in [-0.39, 0.29) is 23.5 Å². The lowest BCUT2D eigenvalue weighted by Crippen LogP contribution is -2.24. The van der Waals surface area contributed by atoms with Crippen molar-refractivity contribution in [3.8, 4) is 17.0 Å². The molecule has 0 radical (unpaired) electrons. The molecular formula is C16H17FN4O2. The van der Waals surface area contributed by atoms with Gasteiger partial charge in [0.05, 0.1) is 18.1 Å².